The van der Waals surface area contributed by atoms with Gasteiger partial charge in [0, 0.05) is 6.42 Å². The summed E-state index contributed by atoms with van der Waals surface area (Å²) in [6.07, 6.45) is 0.770. The number of carboxylic acids is 1. The van der Waals surface area contributed by atoms with Crippen LogP contribution in [0.3, 0.4) is 0 Å². The molecule has 0 amide bonds. The van der Waals surface area contributed by atoms with Crippen LogP contribution in [0.1, 0.15) is 12.8 Å². The van der Waals surface area contributed by atoms with Gasteiger partial charge in [0.15, 0.2) is 5.34 Å². The third-order valence-electron chi connectivity index (χ3n) is 0.595. The van der Waals surface area contributed by atoms with Crippen molar-refractivity contribution in [2.75, 3.05) is 6.54 Å². The van der Waals surface area contributed by atoms with E-state index in [0.29, 0.717) is 13.0 Å². The van der Waals surface area contributed by atoms with Gasteiger partial charge in [-0.3, -0.25) is 4.79 Å². The Morgan fingerprint density at radius 1 is 1.60 bits per heavy atom. The van der Waals surface area contributed by atoms with Gasteiger partial charge in [0.1, 0.15) is 0 Å². The Bertz CT molecular complexity index is 95.3. The predicted molar refractivity (Wildman–Crippen MR) is 33.5 cm³/mol. The number of nitrogens with two attached hydrogens (primary N) is 1. The van der Waals surface area contributed by atoms with E-state index < -0.39 is 5.97 Å². The largest absolute Gasteiger partial charge is 0.481 e. The molecule has 60 valence electrons. The van der Waals surface area contributed by atoms with Crippen LogP contribution in [-0.2, 0) is 4.79 Å². The molecule has 0 heterocycles. The number of hydrogen-bond donors (Lipinski definition) is 3. The van der Waals surface area contributed by atoms with Crippen molar-refractivity contribution < 1.29 is 15.1 Å². The van der Waals surface area contributed by atoms with E-state index >= 15 is 0 Å². The summed E-state index contributed by atoms with van der Waals surface area (Å²) in [6, 6.07) is 0. The average Bonchev–Trinajstić information content (AvgIpc) is 1.85. The zero-order chi connectivity index (χ0) is 8.41. The smallest absolute Gasteiger partial charge is 0.303 e. The van der Waals surface area contributed by atoms with Crippen molar-refractivity contribution in [2.45, 2.75) is 12.8 Å². The third-order valence-corrected chi connectivity index (χ3v) is 0.595. The number of nitrogens with zero attached hydrogens (tertiary/aromatic N) is 1. The van der Waals surface area contributed by atoms with Crippen LogP contribution in [0.4, 0.5) is 0 Å². The van der Waals surface area contributed by atoms with Gasteiger partial charge in [0.05, 0.1) is 0 Å². The molecule has 0 saturated heterocycles. The highest BCUT2D eigenvalue weighted by Crippen LogP contribution is 1.82. The third kappa shape index (κ3) is 29.0. The molecule has 0 radical (unpaired) electrons. The first kappa shape index (κ1) is 11.6. The van der Waals surface area contributed by atoms with E-state index in [2.05, 4.69) is 0 Å². The van der Waals surface area contributed by atoms with Crippen LogP contribution >= 0.6 is 0 Å². The van der Waals surface area contributed by atoms with Gasteiger partial charge in [-0.25, -0.2) is 0 Å². The summed E-state index contributed by atoms with van der Waals surface area (Å²) >= 11 is 0. The lowest BCUT2D eigenvalue weighted by Crippen LogP contribution is -2.02. The summed E-state index contributed by atoms with van der Waals surface area (Å²) in [6.45, 7) is 0.465. The molecule has 0 aromatic carbocycles. The minimum absolute atomic E-state index is 0.191. The SMILES string of the molecule is NCCCC(=O)O.O=NO. The lowest BCUT2D eigenvalue weighted by atomic mass is 10.3. The van der Waals surface area contributed by atoms with E-state index in [0.717, 1.165) is 0 Å². The molecule has 0 spiro atoms. The van der Waals surface area contributed by atoms with E-state index in [-0.39, 0.29) is 6.42 Å². The maximum absolute atomic E-state index is 9.70. The first-order chi connectivity index (χ1) is 4.68. The summed E-state index contributed by atoms with van der Waals surface area (Å²) < 4.78 is 0. The van der Waals surface area contributed by atoms with Crippen LogP contribution in [-0.4, -0.2) is 22.8 Å². The van der Waals surface area contributed by atoms with Crippen LogP contribution in [0.5, 0.6) is 0 Å². The zero-order valence-corrected chi connectivity index (χ0v) is 5.36. The quantitative estimate of drug-likeness (QED) is 0.385. The van der Waals surface area contributed by atoms with Crippen molar-refractivity contribution in [1.29, 1.82) is 0 Å². The summed E-state index contributed by atoms with van der Waals surface area (Å²) in [4.78, 5) is 17.8. The standard InChI is InChI=1S/C4H9NO2.HNO2/c5-3-1-2-4(6)7;2-1-3/h1-3,5H2,(H,6,7);(H,2,3). The van der Waals surface area contributed by atoms with Crippen molar-refractivity contribution in [3.05, 3.63) is 4.91 Å². The highest BCUT2D eigenvalue weighted by Gasteiger charge is 1.91. The fraction of sp³-hybridized carbons (Fsp3) is 0.750. The van der Waals surface area contributed by atoms with Gasteiger partial charge in [-0.2, -0.15) is 0 Å². The molecule has 0 saturated carbocycles. The Morgan fingerprint density at radius 3 is 2.10 bits per heavy atom. The van der Waals surface area contributed by atoms with E-state index in [9.17, 15) is 4.79 Å². The van der Waals surface area contributed by atoms with Crippen molar-refractivity contribution >= 4 is 5.97 Å². The molecule has 0 bridgehead atoms. The second kappa shape index (κ2) is 10.7. The summed E-state index contributed by atoms with van der Waals surface area (Å²) in [5.74, 6) is -0.773. The fourth-order valence-corrected chi connectivity index (χ4v) is 0.253. The maximum Gasteiger partial charge on any atom is 0.303 e. The Morgan fingerprint density at radius 2 is 2.00 bits per heavy atom. The molecular formula is C4H10N2O4. The Labute approximate surface area is 57.6 Å². The van der Waals surface area contributed by atoms with Crippen LogP contribution in [0, 0.1) is 4.91 Å². The molecule has 6 heteroatoms. The van der Waals surface area contributed by atoms with Gasteiger partial charge in [-0.1, -0.05) is 0 Å². The molecule has 0 unspecified atom stereocenters. The first-order valence-corrected chi connectivity index (χ1v) is 2.57. The van der Waals surface area contributed by atoms with Gasteiger partial charge >= 0.3 is 5.97 Å². The predicted octanol–water partition coefficient (Wildman–Crippen LogP) is -0.0481. The summed E-state index contributed by atoms with van der Waals surface area (Å²) in [5.41, 5.74) is 5.01. The van der Waals surface area contributed by atoms with Crippen LogP contribution in [0.2, 0.25) is 0 Å². The number of rotatable bonds is 3. The molecule has 0 atom stereocenters. The molecule has 0 aromatic rings. The molecule has 0 rings (SSSR count). The van der Waals surface area contributed by atoms with E-state index in [1.807, 2.05) is 0 Å². The van der Waals surface area contributed by atoms with Crippen molar-refractivity contribution in [1.82, 2.24) is 0 Å². The molecule has 0 aromatic heterocycles. The second-order valence-corrected chi connectivity index (χ2v) is 1.37. The van der Waals surface area contributed by atoms with Crippen LogP contribution in [0.25, 0.3) is 0 Å². The zero-order valence-electron chi connectivity index (χ0n) is 5.36. The molecule has 4 N–H and O–H groups in total. The fourth-order valence-electron chi connectivity index (χ4n) is 0.253. The molecule has 0 aliphatic carbocycles. The van der Waals surface area contributed by atoms with Crippen LogP contribution in [0.15, 0.2) is 5.34 Å². The van der Waals surface area contributed by atoms with Gasteiger partial charge in [-0.05, 0) is 13.0 Å². The Kier molecular flexibility index (Phi) is 12.5. The number of hydrogen-bond acceptors (Lipinski definition) is 4. The van der Waals surface area contributed by atoms with E-state index in [1.54, 1.807) is 0 Å². The highest BCUT2D eigenvalue weighted by molar-refractivity contribution is 5.66. The highest BCUT2D eigenvalue weighted by atomic mass is 16.6. The summed E-state index contributed by atoms with van der Waals surface area (Å²) in [5, 5.41) is 15.9. The van der Waals surface area contributed by atoms with Gasteiger partial charge in [-0.15, -0.1) is 4.91 Å². The normalized spacial score (nSPS) is 7.30. The minimum atomic E-state index is -0.773. The van der Waals surface area contributed by atoms with Crippen molar-refractivity contribution in [3.8, 4) is 0 Å². The van der Waals surface area contributed by atoms with Gasteiger partial charge in [0.2, 0.25) is 0 Å². The average molecular weight is 150 g/mol. The van der Waals surface area contributed by atoms with Gasteiger partial charge in [0.25, 0.3) is 0 Å². The molecule has 0 fully saturated rings. The lowest BCUT2D eigenvalue weighted by molar-refractivity contribution is -0.137. The topological polar surface area (TPSA) is 113 Å². The second-order valence-electron chi connectivity index (χ2n) is 1.37. The van der Waals surface area contributed by atoms with Gasteiger partial charge < -0.3 is 16.0 Å². The van der Waals surface area contributed by atoms with E-state index in [4.69, 9.17) is 21.0 Å². The molecule has 0 aliphatic heterocycles. The number of aliphatic carboxylic acids is 1. The number of carboxylic acid groups (broad SMARTS) is 1. The molecule has 6 nitrogen and oxygen atoms in total. The monoisotopic (exact) mass is 150 g/mol. The van der Waals surface area contributed by atoms with Crippen molar-refractivity contribution in [2.24, 2.45) is 11.1 Å². The first-order valence-electron chi connectivity index (χ1n) is 2.57. The molecule has 0 aliphatic rings. The maximum atomic E-state index is 9.70. The Balaban J connectivity index is 0. The summed E-state index contributed by atoms with van der Waals surface area (Å²) in [7, 11) is 0. The number of carbonyl (C=O) groups is 1. The molecule has 10 heavy (non-hydrogen) atoms. The minimum Gasteiger partial charge on any atom is -0.481 e. The van der Waals surface area contributed by atoms with E-state index in [1.165, 1.54) is 5.34 Å². The Hall–Kier alpha value is -1.17. The molecular weight excluding hydrogens is 140 g/mol. The van der Waals surface area contributed by atoms with Crippen molar-refractivity contribution in [3.63, 3.8) is 0 Å². The lowest BCUT2D eigenvalue weighted by Gasteiger charge is -1.86. The van der Waals surface area contributed by atoms with Crippen LogP contribution < -0.4 is 5.73 Å².